The molecule has 2 aromatic rings. The number of hydrogen-bond acceptors (Lipinski definition) is 8. The van der Waals surface area contributed by atoms with Crippen molar-refractivity contribution in [1.82, 2.24) is 19.9 Å². The lowest BCUT2D eigenvalue weighted by Crippen LogP contribution is -2.49. The van der Waals surface area contributed by atoms with Gasteiger partial charge >= 0.3 is 0 Å². The molecule has 0 bridgehead atoms. The van der Waals surface area contributed by atoms with Crippen molar-refractivity contribution in [2.75, 3.05) is 41.8 Å². The fourth-order valence-corrected chi connectivity index (χ4v) is 5.02. The number of anilines is 3. The van der Waals surface area contributed by atoms with Crippen molar-refractivity contribution in [3.8, 4) is 11.3 Å². The number of hydrogen-bond donors (Lipinski definition) is 1. The zero-order valence-electron chi connectivity index (χ0n) is 18.2. The predicted octanol–water partition coefficient (Wildman–Crippen LogP) is 2.85. The maximum absolute atomic E-state index is 13.5. The molecule has 2 atom stereocenters. The summed E-state index contributed by atoms with van der Waals surface area (Å²) < 4.78 is 19.3. The Morgan fingerprint density at radius 3 is 2.52 bits per heavy atom. The number of aromatic nitrogens is 4. The number of nitrogens with zero attached hydrogens (tertiary/aromatic N) is 6. The molecule has 0 radical (unpaired) electrons. The second kappa shape index (κ2) is 7.85. The summed E-state index contributed by atoms with van der Waals surface area (Å²) in [5, 5.41) is 0. The van der Waals surface area contributed by atoms with Crippen LogP contribution >= 0.6 is 0 Å². The summed E-state index contributed by atoms with van der Waals surface area (Å²) in [5.41, 5.74) is 7.45. The highest BCUT2D eigenvalue weighted by Gasteiger charge is 2.46. The van der Waals surface area contributed by atoms with E-state index in [1.165, 1.54) is 0 Å². The lowest BCUT2D eigenvalue weighted by Gasteiger charge is -2.49. The Kier molecular flexibility index (Phi) is 5.16. The summed E-state index contributed by atoms with van der Waals surface area (Å²) in [6, 6.07) is 2.22. The summed E-state index contributed by atoms with van der Waals surface area (Å²) in [6.45, 7) is 7.37. The van der Waals surface area contributed by atoms with Crippen LogP contribution < -0.4 is 15.5 Å². The molecular weight excluding hydrogens is 397 g/mol. The molecule has 2 aromatic heterocycles. The van der Waals surface area contributed by atoms with E-state index >= 15 is 0 Å². The molecule has 4 heterocycles. The van der Waals surface area contributed by atoms with Crippen LogP contribution in [0, 0.1) is 5.41 Å². The molecule has 1 aliphatic carbocycles. The maximum atomic E-state index is 13.5. The van der Waals surface area contributed by atoms with Crippen molar-refractivity contribution < 1.29 is 9.13 Å². The fourth-order valence-electron chi connectivity index (χ4n) is 5.02. The maximum Gasteiger partial charge on any atom is 0.227 e. The molecule has 166 valence electrons. The molecule has 0 amide bonds. The molecule has 8 nitrogen and oxygen atoms in total. The largest absolute Gasteiger partial charge is 0.375 e. The fraction of sp³-hybridized carbons (Fsp3) is 0.636. The molecule has 31 heavy (non-hydrogen) atoms. The van der Waals surface area contributed by atoms with Gasteiger partial charge in [-0.25, -0.2) is 19.3 Å². The van der Waals surface area contributed by atoms with Crippen LogP contribution in [0.15, 0.2) is 18.5 Å². The molecule has 2 aliphatic heterocycles. The van der Waals surface area contributed by atoms with Gasteiger partial charge in [0, 0.05) is 43.7 Å². The molecule has 9 heteroatoms. The SMILES string of the molecule is C[C@H]1CN(c2cc(-c3cnc(N)nc3)nc(N3CCC4(CC3)CC(F)C4)n2)[C@@H](C)CO1. The van der Waals surface area contributed by atoms with Gasteiger partial charge in [0.1, 0.15) is 12.0 Å². The highest BCUT2D eigenvalue weighted by Crippen LogP contribution is 2.50. The van der Waals surface area contributed by atoms with Crippen LogP contribution in [0.3, 0.4) is 0 Å². The Morgan fingerprint density at radius 2 is 1.84 bits per heavy atom. The van der Waals surface area contributed by atoms with Gasteiger partial charge in [0.05, 0.1) is 24.4 Å². The molecule has 2 N–H and O–H groups in total. The topological polar surface area (TPSA) is 93.3 Å². The van der Waals surface area contributed by atoms with Gasteiger partial charge in [-0.3, -0.25) is 0 Å². The van der Waals surface area contributed by atoms with Crippen LogP contribution in [0.5, 0.6) is 0 Å². The smallest absolute Gasteiger partial charge is 0.227 e. The number of piperidine rings is 1. The number of halogens is 1. The lowest BCUT2D eigenvalue weighted by molar-refractivity contribution is 0.00431. The van der Waals surface area contributed by atoms with Crippen LogP contribution in [0.25, 0.3) is 11.3 Å². The molecule has 3 fully saturated rings. The Labute approximate surface area is 182 Å². The van der Waals surface area contributed by atoms with Gasteiger partial charge in [-0.2, -0.15) is 4.98 Å². The first-order valence-electron chi connectivity index (χ1n) is 11.2. The van der Waals surface area contributed by atoms with E-state index in [2.05, 4.69) is 33.6 Å². The second-order valence-corrected chi connectivity index (χ2v) is 9.38. The summed E-state index contributed by atoms with van der Waals surface area (Å²) in [7, 11) is 0. The molecule has 0 aromatic carbocycles. The third-order valence-corrected chi connectivity index (χ3v) is 6.99. The first-order valence-corrected chi connectivity index (χ1v) is 11.2. The molecule has 5 rings (SSSR count). The Bertz CT molecular complexity index is 924. The van der Waals surface area contributed by atoms with Crippen molar-refractivity contribution in [2.24, 2.45) is 5.41 Å². The van der Waals surface area contributed by atoms with E-state index in [1.54, 1.807) is 12.4 Å². The first-order chi connectivity index (χ1) is 14.9. The van der Waals surface area contributed by atoms with Gasteiger partial charge in [-0.05, 0) is 44.9 Å². The average Bonchev–Trinajstić information content (AvgIpc) is 2.75. The number of alkyl halides is 1. The number of morpholine rings is 1. The van der Waals surface area contributed by atoms with E-state index in [0.29, 0.717) is 25.4 Å². The first kappa shape index (κ1) is 20.4. The quantitative estimate of drug-likeness (QED) is 0.799. The minimum atomic E-state index is -0.618. The van der Waals surface area contributed by atoms with E-state index in [1.807, 2.05) is 6.07 Å². The van der Waals surface area contributed by atoms with Crippen molar-refractivity contribution in [1.29, 1.82) is 0 Å². The number of ether oxygens (including phenoxy) is 1. The van der Waals surface area contributed by atoms with E-state index in [-0.39, 0.29) is 23.5 Å². The summed E-state index contributed by atoms with van der Waals surface area (Å²) in [6.07, 6.45) is 6.32. The Balaban J connectivity index is 1.47. The zero-order chi connectivity index (χ0) is 21.6. The summed E-state index contributed by atoms with van der Waals surface area (Å²) >= 11 is 0. The van der Waals surface area contributed by atoms with E-state index in [4.69, 9.17) is 20.4 Å². The number of rotatable bonds is 3. The zero-order valence-corrected chi connectivity index (χ0v) is 18.2. The van der Waals surface area contributed by atoms with Crippen molar-refractivity contribution in [3.05, 3.63) is 18.5 Å². The summed E-state index contributed by atoms with van der Waals surface area (Å²) in [5.74, 6) is 1.83. The van der Waals surface area contributed by atoms with Crippen molar-refractivity contribution in [3.63, 3.8) is 0 Å². The second-order valence-electron chi connectivity index (χ2n) is 9.38. The van der Waals surface area contributed by atoms with E-state index < -0.39 is 6.17 Å². The van der Waals surface area contributed by atoms with E-state index in [0.717, 1.165) is 49.6 Å². The minimum absolute atomic E-state index is 0.139. The predicted molar refractivity (Wildman–Crippen MR) is 118 cm³/mol. The molecule has 0 unspecified atom stereocenters. The third-order valence-electron chi connectivity index (χ3n) is 6.99. The molecule has 3 aliphatic rings. The van der Waals surface area contributed by atoms with Crippen LogP contribution in [0.1, 0.15) is 39.5 Å². The van der Waals surface area contributed by atoms with Crippen LogP contribution in [0.4, 0.5) is 22.1 Å². The molecular formula is C22H30FN7O. The van der Waals surface area contributed by atoms with Gasteiger partial charge in [-0.15, -0.1) is 0 Å². The number of nitrogen functional groups attached to an aromatic ring is 1. The standard InChI is InChI=1S/C22H30FN7O/c1-14-13-31-15(2)12-30(14)19-7-18(16-10-25-20(24)26-11-16)27-21(28-19)29-5-3-22(4-6-29)8-17(23)9-22/h7,10-11,14-15,17H,3-6,8-9,12-13H2,1-2H3,(H2,24,25,26)/t14-,15-/m0/s1. The van der Waals surface area contributed by atoms with Gasteiger partial charge in [0.15, 0.2) is 0 Å². The lowest BCUT2D eigenvalue weighted by atomic mass is 9.62. The minimum Gasteiger partial charge on any atom is -0.375 e. The third kappa shape index (κ3) is 4.03. The highest BCUT2D eigenvalue weighted by molar-refractivity contribution is 5.64. The van der Waals surface area contributed by atoms with E-state index in [9.17, 15) is 4.39 Å². The highest BCUT2D eigenvalue weighted by atomic mass is 19.1. The van der Waals surface area contributed by atoms with Gasteiger partial charge < -0.3 is 20.3 Å². The number of nitrogens with two attached hydrogens (primary N) is 1. The molecule has 1 saturated carbocycles. The summed E-state index contributed by atoms with van der Waals surface area (Å²) in [4.78, 5) is 22.6. The van der Waals surface area contributed by atoms with Crippen LogP contribution in [-0.2, 0) is 4.74 Å². The molecule has 1 spiro atoms. The van der Waals surface area contributed by atoms with Gasteiger partial charge in [0.2, 0.25) is 11.9 Å². The normalized spacial score (nSPS) is 26.2. The van der Waals surface area contributed by atoms with Crippen molar-refractivity contribution >= 4 is 17.7 Å². The average molecular weight is 428 g/mol. The van der Waals surface area contributed by atoms with Crippen molar-refractivity contribution in [2.45, 2.75) is 57.8 Å². The molecule has 2 saturated heterocycles. The van der Waals surface area contributed by atoms with Crippen LogP contribution in [0.2, 0.25) is 0 Å². The van der Waals surface area contributed by atoms with Gasteiger partial charge in [-0.1, -0.05) is 0 Å². The van der Waals surface area contributed by atoms with Gasteiger partial charge in [0.25, 0.3) is 0 Å². The monoisotopic (exact) mass is 427 g/mol. The van der Waals surface area contributed by atoms with Crippen LogP contribution in [-0.4, -0.2) is 64.5 Å². The Morgan fingerprint density at radius 1 is 1.13 bits per heavy atom. The Hall–Kier alpha value is -2.55.